The van der Waals surface area contributed by atoms with Gasteiger partial charge in [-0.2, -0.15) is 0 Å². The molecule has 0 atom stereocenters. The van der Waals surface area contributed by atoms with Crippen LogP contribution in [0.25, 0.3) is 0 Å². The zero-order valence-corrected chi connectivity index (χ0v) is 16.9. The lowest BCUT2D eigenvalue weighted by atomic mass is 9.96. The number of hydrogen-bond acceptors (Lipinski definition) is 3. The average Bonchev–Trinajstić information content (AvgIpc) is 2.63. The van der Waals surface area contributed by atoms with Crippen molar-refractivity contribution in [2.45, 2.75) is 27.7 Å². The van der Waals surface area contributed by atoms with Crippen LogP contribution in [0, 0.1) is 5.41 Å². The smallest absolute Gasteiger partial charge is 0.258 e. The number of para-hydroxylation sites is 1. The van der Waals surface area contributed by atoms with Gasteiger partial charge in [0.05, 0.1) is 0 Å². The Balaban J connectivity index is 2.05. The maximum Gasteiger partial charge on any atom is 0.258 e. The van der Waals surface area contributed by atoms with Gasteiger partial charge < -0.3 is 15.5 Å². The molecule has 0 aliphatic heterocycles. The lowest BCUT2D eigenvalue weighted by molar-refractivity contribution is -0.126. The monoisotopic (exact) mass is 383 g/mol. The van der Waals surface area contributed by atoms with Crippen LogP contribution in [-0.4, -0.2) is 23.5 Å². The summed E-state index contributed by atoms with van der Waals surface area (Å²) in [6.45, 7) is 7.97. The molecule has 2 N–H and O–H groups in total. The van der Waals surface area contributed by atoms with E-state index in [0.29, 0.717) is 17.8 Å². The SMILES string of the molecule is CCN(C(=O)c1ccc(NC(=S)NC(=O)C(C)(C)C)cc1)c1ccccc1. The molecule has 0 spiro atoms. The Labute approximate surface area is 165 Å². The van der Waals surface area contributed by atoms with Gasteiger partial charge in [0, 0.05) is 28.9 Å². The van der Waals surface area contributed by atoms with Crippen molar-refractivity contribution in [3.8, 4) is 0 Å². The molecule has 0 aliphatic carbocycles. The lowest BCUT2D eigenvalue weighted by Crippen LogP contribution is -2.41. The molecule has 0 heterocycles. The van der Waals surface area contributed by atoms with E-state index < -0.39 is 5.41 Å². The molecule has 2 rings (SSSR count). The highest BCUT2D eigenvalue weighted by Crippen LogP contribution is 2.18. The Hall–Kier alpha value is -2.73. The molecule has 142 valence electrons. The second-order valence-corrected chi connectivity index (χ2v) is 7.53. The van der Waals surface area contributed by atoms with E-state index in [1.165, 1.54) is 0 Å². The second-order valence-electron chi connectivity index (χ2n) is 7.12. The zero-order valence-electron chi connectivity index (χ0n) is 16.1. The summed E-state index contributed by atoms with van der Waals surface area (Å²) >= 11 is 5.17. The molecule has 27 heavy (non-hydrogen) atoms. The molecule has 6 heteroatoms. The lowest BCUT2D eigenvalue weighted by Gasteiger charge is -2.21. The van der Waals surface area contributed by atoms with Crippen molar-refractivity contribution in [1.82, 2.24) is 5.32 Å². The third-order valence-electron chi connectivity index (χ3n) is 3.93. The van der Waals surface area contributed by atoms with E-state index >= 15 is 0 Å². The predicted molar refractivity (Wildman–Crippen MR) is 114 cm³/mol. The summed E-state index contributed by atoms with van der Waals surface area (Å²) in [5, 5.41) is 5.85. The zero-order chi connectivity index (χ0) is 20.0. The van der Waals surface area contributed by atoms with Crippen molar-refractivity contribution < 1.29 is 9.59 Å². The van der Waals surface area contributed by atoms with Gasteiger partial charge in [-0.05, 0) is 55.5 Å². The molecule has 0 saturated carbocycles. The summed E-state index contributed by atoms with van der Waals surface area (Å²) in [7, 11) is 0. The topological polar surface area (TPSA) is 61.4 Å². The Bertz CT molecular complexity index is 812. The molecule has 0 unspecified atom stereocenters. The third-order valence-corrected chi connectivity index (χ3v) is 4.13. The fraction of sp³-hybridized carbons (Fsp3) is 0.286. The van der Waals surface area contributed by atoms with Crippen LogP contribution in [0.1, 0.15) is 38.1 Å². The minimum atomic E-state index is -0.525. The van der Waals surface area contributed by atoms with Crippen LogP contribution >= 0.6 is 12.2 Å². The number of amides is 2. The van der Waals surface area contributed by atoms with Crippen LogP contribution in [-0.2, 0) is 4.79 Å². The van der Waals surface area contributed by atoms with E-state index in [-0.39, 0.29) is 16.9 Å². The number of rotatable bonds is 4. The van der Waals surface area contributed by atoms with Crippen LogP contribution < -0.4 is 15.5 Å². The van der Waals surface area contributed by atoms with Crippen LogP contribution in [0.15, 0.2) is 54.6 Å². The maximum absolute atomic E-state index is 12.8. The first-order valence-corrected chi connectivity index (χ1v) is 9.22. The van der Waals surface area contributed by atoms with Gasteiger partial charge in [0.15, 0.2) is 5.11 Å². The van der Waals surface area contributed by atoms with Crippen molar-refractivity contribution in [1.29, 1.82) is 0 Å². The van der Waals surface area contributed by atoms with Crippen molar-refractivity contribution in [3.63, 3.8) is 0 Å². The number of nitrogens with zero attached hydrogens (tertiary/aromatic N) is 1. The number of carbonyl (C=O) groups excluding carboxylic acids is 2. The molecule has 0 bridgehead atoms. The van der Waals surface area contributed by atoms with Crippen LogP contribution in [0.5, 0.6) is 0 Å². The number of anilines is 2. The van der Waals surface area contributed by atoms with Crippen molar-refractivity contribution >= 4 is 40.5 Å². The van der Waals surface area contributed by atoms with Crippen LogP contribution in [0.2, 0.25) is 0 Å². The van der Waals surface area contributed by atoms with Gasteiger partial charge in [-0.25, -0.2) is 0 Å². The number of nitrogens with one attached hydrogen (secondary N) is 2. The predicted octanol–water partition coefficient (Wildman–Crippen LogP) is 4.21. The van der Waals surface area contributed by atoms with Crippen molar-refractivity contribution in [3.05, 3.63) is 60.2 Å². The quantitative estimate of drug-likeness (QED) is 0.777. The summed E-state index contributed by atoms with van der Waals surface area (Å²) in [6.07, 6.45) is 0. The largest absolute Gasteiger partial charge is 0.332 e. The molecule has 2 aromatic rings. The van der Waals surface area contributed by atoms with E-state index in [1.54, 1.807) is 29.2 Å². The Morgan fingerprint density at radius 2 is 1.59 bits per heavy atom. The highest BCUT2D eigenvalue weighted by molar-refractivity contribution is 7.80. The van der Waals surface area contributed by atoms with Gasteiger partial charge in [0.25, 0.3) is 5.91 Å². The molecule has 0 fully saturated rings. The summed E-state index contributed by atoms with van der Waals surface area (Å²) in [5.74, 6) is -0.230. The minimum absolute atomic E-state index is 0.0705. The first kappa shape index (κ1) is 20.6. The number of benzene rings is 2. The Morgan fingerprint density at radius 3 is 2.11 bits per heavy atom. The molecule has 0 radical (unpaired) electrons. The summed E-state index contributed by atoms with van der Waals surface area (Å²) in [5.41, 5.74) is 1.62. The summed E-state index contributed by atoms with van der Waals surface area (Å²) in [6, 6.07) is 16.6. The number of hydrogen-bond donors (Lipinski definition) is 2. The molecule has 0 aliphatic rings. The fourth-order valence-corrected chi connectivity index (χ4v) is 2.57. The Morgan fingerprint density at radius 1 is 1.00 bits per heavy atom. The Kier molecular flexibility index (Phi) is 6.69. The highest BCUT2D eigenvalue weighted by atomic mass is 32.1. The van der Waals surface area contributed by atoms with Gasteiger partial charge in [-0.1, -0.05) is 39.0 Å². The fourth-order valence-electron chi connectivity index (χ4n) is 2.36. The van der Waals surface area contributed by atoms with Crippen LogP contribution in [0.4, 0.5) is 11.4 Å². The minimum Gasteiger partial charge on any atom is -0.332 e. The molecule has 5 nitrogen and oxygen atoms in total. The number of carbonyl (C=O) groups is 2. The second kappa shape index (κ2) is 8.77. The van der Waals surface area contributed by atoms with E-state index in [0.717, 1.165) is 5.69 Å². The summed E-state index contributed by atoms with van der Waals surface area (Å²) in [4.78, 5) is 26.5. The van der Waals surface area contributed by atoms with Gasteiger partial charge >= 0.3 is 0 Å². The van der Waals surface area contributed by atoms with E-state index in [2.05, 4.69) is 10.6 Å². The molecular weight excluding hydrogens is 358 g/mol. The highest BCUT2D eigenvalue weighted by Gasteiger charge is 2.22. The third kappa shape index (κ3) is 5.62. The van der Waals surface area contributed by atoms with Gasteiger partial charge in [0.2, 0.25) is 5.91 Å². The molecule has 0 saturated heterocycles. The molecular formula is C21H25N3O2S. The van der Waals surface area contributed by atoms with E-state index in [1.807, 2.05) is 58.0 Å². The summed E-state index contributed by atoms with van der Waals surface area (Å²) < 4.78 is 0. The van der Waals surface area contributed by atoms with Crippen molar-refractivity contribution in [2.24, 2.45) is 5.41 Å². The van der Waals surface area contributed by atoms with E-state index in [4.69, 9.17) is 12.2 Å². The molecule has 2 aromatic carbocycles. The first-order valence-electron chi connectivity index (χ1n) is 8.81. The first-order chi connectivity index (χ1) is 12.7. The molecule has 0 aromatic heterocycles. The van der Waals surface area contributed by atoms with Crippen LogP contribution in [0.3, 0.4) is 0 Å². The molecule has 2 amide bonds. The van der Waals surface area contributed by atoms with E-state index in [9.17, 15) is 9.59 Å². The van der Waals surface area contributed by atoms with Gasteiger partial charge in [0.1, 0.15) is 0 Å². The average molecular weight is 384 g/mol. The maximum atomic E-state index is 12.8. The van der Waals surface area contributed by atoms with Gasteiger partial charge in [-0.3, -0.25) is 9.59 Å². The van der Waals surface area contributed by atoms with Gasteiger partial charge in [-0.15, -0.1) is 0 Å². The van der Waals surface area contributed by atoms with Crippen molar-refractivity contribution in [2.75, 3.05) is 16.8 Å². The standard InChI is InChI=1S/C21H25N3O2S/c1-5-24(17-9-7-6-8-10-17)18(25)15-11-13-16(14-12-15)22-20(27)23-19(26)21(2,3)4/h6-14H,5H2,1-4H3,(H2,22,23,26,27). The number of thiocarbonyl (C=S) groups is 1. The normalized spacial score (nSPS) is 10.8.